The smallest absolute Gasteiger partial charge is 0.261 e. The Labute approximate surface area is 214 Å². The lowest BCUT2D eigenvalue weighted by Crippen LogP contribution is -2.41. The Hall–Kier alpha value is -4.34. The molecule has 2 aliphatic rings. The molecule has 0 unspecified atom stereocenters. The van der Waals surface area contributed by atoms with E-state index in [0.717, 1.165) is 13.1 Å². The van der Waals surface area contributed by atoms with E-state index in [1.165, 1.54) is 4.90 Å². The Bertz CT molecular complexity index is 1310. The number of hydrogen-bond acceptors (Lipinski definition) is 6. The molecule has 3 aromatic carbocycles. The second kappa shape index (κ2) is 10.7. The number of benzene rings is 3. The second-order valence-electron chi connectivity index (χ2n) is 8.91. The van der Waals surface area contributed by atoms with Gasteiger partial charge in [-0.3, -0.25) is 29.0 Å². The van der Waals surface area contributed by atoms with Crippen LogP contribution in [-0.4, -0.2) is 66.3 Å². The number of morpholine rings is 1. The van der Waals surface area contributed by atoms with Crippen LogP contribution in [-0.2, 0) is 16.1 Å². The highest BCUT2D eigenvalue weighted by Gasteiger charge is 2.35. The number of imide groups is 1. The van der Waals surface area contributed by atoms with Gasteiger partial charge in [0.1, 0.15) is 0 Å². The van der Waals surface area contributed by atoms with Crippen molar-refractivity contribution in [2.75, 3.05) is 43.5 Å². The van der Waals surface area contributed by atoms with Crippen molar-refractivity contribution in [2.45, 2.75) is 6.54 Å². The second-order valence-corrected chi connectivity index (χ2v) is 8.91. The molecule has 5 rings (SSSR count). The predicted molar refractivity (Wildman–Crippen MR) is 137 cm³/mol. The number of hydrogen-bond donors (Lipinski definition) is 2. The minimum absolute atomic E-state index is 0.0757. The maximum atomic E-state index is 12.9. The Morgan fingerprint density at radius 1 is 0.784 bits per heavy atom. The molecule has 3 aromatic rings. The molecule has 1 fully saturated rings. The van der Waals surface area contributed by atoms with Crippen molar-refractivity contribution in [3.8, 4) is 0 Å². The number of fused-ring (bicyclic) bond motifs is 1. The van der Waals surface area contributed by atoms with Crippen LogP contribution in [0.5, 0.6) is 0 Å². The van der Waals surface area contributed by atoms with Gasteiger partial charge in [-0.25, -0.2) is 0 Å². The lowest BCUT2D eigenvalue weighted by Gasteiger charge is -2.25. The summed E-state index contributed by atoms with van der Waals surface area (Å²) in [6, 6.07) is 20.4. The van der Waals surface area contributed by atoms with E-state index in [-0.39, 0.29) is 30.2 Å². The number of rotatable bonds is 7. The summed E-state index contributed by atoms with van der Waals surface area (Å²) in [5.74, 6) is -1.11. The van der Waals surface area contributed by atoms with E-state index in [1.54, 1.807) is 72.8 Å². The summed E-state index contributed by atoms with van der Waals surface area (Å²) < 4.78 is 5.30. The molecular formula is C28H26N4O5. The van der Waals surface area contributed by atoms with Crippen molar-refractivity contribution in [1.29, 1.82) is 0 Å². The third-order valence-corrected chi connectivity index (χ3v) is 6.31. The molecule has 188 valence electrons. The first-order valence-electron chi connectivity index (χ1n) is 12.0. The summed E-state index contributed by atoms with van der Waals surface area (Å²) in [6.07, 6.45) is 0. The van der Waals surface area contributed by atoms with Gasteiger partial charge in [-0.1, -0.05) is 24.3 Å². The van der Waals surface area contributed by atoms with E-state index in [0.29, 0.717) is 53.4 Å². The standard InChI is InChI=1S/C28H26N4O5/c33-25(18-31-12-14-37-15-13-31)29-21-8-10-22(11-9-21)30-26(34)20-5-3-4-19(16-20)17-32-27(35)23-6-1-2-7-24(23)28(32)36/h1-11,16H,12-15,17-18H2,(H,29,33)(H,30,34). The van der Waals surface area contributed by atoms with Crippen LogP contribution in [0.3, 0.4) is 0 Å². The number of nitrogens with zero attached hydrogens (tertiary/aromatic N) is 2. The number of carbonyl (C=O) groups is 4. The van der Waals surface area contributed by atoms with E-state index in [1.807, 2.05) is 4.90 Å². The fraction of sp³-hybridized carbons (Fsp3) is 0.214. The fourth-order valence-electron chi connectivity index (χ4n) is 4.38. The van der Waals surface area contributed by atoms with Crippen molar-refractivity contribution in [1.82, 2.24) is 9.80 Å². The molecule has 0 spiro atoms. The maximum Gasteiger partial charge on any atom is 0.261 e. The first kappa shape index (κ1) is 24.4. The molecule has 0 saturated carbocycles. The van der Waals surface area contributed by atoms with Crippen molar-refractivity contribution >= 4 is 35.0 Å². The minimum Gasteiger partial charge on any atom is -0.379 e. The Morgan fingerprint density at radius 3 is 2.05 bits per heavy atom. The zero-order chi connectivity index (χ0) is 25.8. The summed E-state index contributed by atoms with van der Waals surface area (Å²) >= 11 is 0. The van der Waals surface area contributed by atoms with Crippen LogP contribution in [0.4, 0.5) is 11.4 Å². The highest BCUT2D eigenvalue weighted by atomic mass is 16.5. The van der Waals surface area contributed by atoms with E-state index < -0.39 is 0 Å². The van der Waals surface area contributed by atoms with E-state index in [9.17, 15) is 19.2 Å². The van der Waals surface area contributed by atoms with Gasteiger partial charge in [0, 0.05) is 30.0 Å². The average molecular weight is 499 g/mol. The summed E-state index contributed by atoms with van der Waals surface area (Å²) in [4.78, 5) is 53.7. The summed E-state index contributed by atoms with van der Waals surface area (Å²) in [5, 5.41) is 5.70. The SMILES string of the molecule is O=C(CN1CCOCC1)Nc1ccc(NC(=O)c2cccc(CN3C(=O)c4ccccc4C3=O)c2)cc1. The van der Waals surface area contributed by atoms with Crippen LogP contribution < -0.4 is 10.6 Å². The van der Waals surface area contributed by atoms with Crippen molar-refractivity contribution in [3.63, 3.8) is 0 Å². The van der Waals surface area contributed by atoms with Crippen molar-refractivity contribution in [3.05, 3.63) is 95.1 Å². The third kappa shape index (κ3) is 5.58. The number of amides is 4. The van der Waals surface area contributed by atoms with E-state index in [2.05, 4.69) is 10.6 Å². The van der Waals surface area contributed by atoms with E-state index in [4.69, 9.17) is 4.74 Å². The quantitative estimate of drug-likeness (QED) is 0.485. The zero-order valence-corrected chi connectivity index (χ0v) is 20.1. The highest BCUT2D eigenvalue weighted by Crippen LogP contribution is 2.24. The van der Waals surface area contributed by atoms with Crippen LogP contribution in [0.15, 0.2) is 72.8 Å². The molecule has 37 heavy (non-hydrogen) atoms. The van der Waals surface area contributed by atoms with Gasteiger partial charge < -0.3 is 15.4 Å². The molecule has 9 nitrogen and oxygen atoms in total. The maximum absolute atomic E-state index is 12.9. The summed E-state index contributed by atoms with van der Waals surface area (Å²) in [7, 11) is 0. The molecule has 9 heteroatoms. The Balaban J connectivity index is 1.18. The van der Waals surface area contributed by atoms with Crippen LogP contribution in [0.2, 0.25) is 0 Å². The predicted octanol–water partition coefficient (Wildman–Crippen LogP) is 3.01. The van der Waals surface area contributed by atoms with Gasteiger partial charge >= 0.3 is 0 Å². The molecule has 0 bridgehead atoms. The fourth-order valence-corrected chi connectivity index (χ4v) is 4.38. The summed E-state index contributed by atoms with van der Waals surface area (Å²) in [5.41, 5.74) is 3.06. The van der Waals surface area contributed by atoms with Crippen molar-refractivity contribution in [2.24, 2.45) is 0 Å². The first-order valence-corrected chi connectivity index (χ1v) is 12.0. The third-order valence-electron chi connectivity index (χ3n) is 6.31. The topological polar surface area (TPSA) is 108 Å². The number of ether oxygens (including phenoxy) is 1. The van der Waals surface area contributed by atoms with E-state index >= 15 is 0 Å². The molecule has 2 heterocycles. The molecule has 1 saturated heterocycles. The minimum atomic E-state index is -0.340. The highest BCUT2D eigenvalue weighted by molar-refractivity contribution is 6.21. The normalized spacial score (nSPS) is 15.4. The Morgan fingerprint density at radius 2 is 1.41 bits per heavy atom. The van der Waals surface area contributed by atoms with Gasteiger partial charge in [0.25, 0.3) is 17.7 Å². The molecule has 4 amide bonds. The largest absolute Gasteiger partial charge is 0.379 e. The van der Waals surface area contributed by atoms with Crippen LogP contribution in [0.25, 0.3) is 0 Å². The van der Waals surface area contributed by atoms with Gasteiger partial charge in [-0.2, -0.15) is 0 Å². The average Bonchev–Trinajstić information content (AvgIpc) is 3.15. The molecule has 0 aliphatic carbocycles. The lowest BCUT2D eigenvalue weighted by atomic mass is 10.1. The van der Waals surface area contributed by atoms with Crippen LogP contribution in [0, 0.1) is 0 Å². The van der Waals surface area contributed by atoms with Crippen LogP contribution >= 0.6 is 0 Å². The molecule has 2 N–H and O–H groups in total. The van der Waals surface area contributed by atoms with Gasteiger partial charge in [0.15, 0.2) is 0 Å². The molecule has 2 aliphatic heterocycles. The Kier molecular flexibility index (Phi) is 7.07. The zero-order valence-electron chi connectivity index (χ0n) is 20.1. The molecular weight excluding hydrogens is 472 g/mol. The van der Waals surface area contributed by atoms with Crippen molar-refractivity contribution < 1.29 is 23.9 Å². The first-order chi connectivity index (χ1) is 18.0. The van der Waals surface area contributed by atoms with Gasteiger partial charge in [0.2, 0.25) is 5.91 Å². The lowest BCUT2D eigenvalue weighted by molar-refractivity contribution is -0.118. The molecule has 0 aromatic heterocycles. The number of anilines is 2. The van der Waals surface area contributed by atoms with Gasteiger partial charge in [-0.05, 0) is 54.1 Å². The van der Waals surface area contributed by atoms with Gasteiger partial charge in [-0.15, -0.1) is 0 Å². The molecule has 0 radical (unpaired) electrons. The molecule has 0 atom stereocenters. The summed E-state index contributed by atoms with van der Waals surface area (Å²) in [6.45, 7) is 3.11. The number of nitrogens with one attached hydrogen (secondary N) is 2. The van der Waals surface area contributed by atoms with Gasteiger partial charge in [0.05, 0.1) is 37.4 Å². The number of carbonyl (C=O) groups excluding carboxylic acids is 4. The monoisotopic (exact) mass is 498 g/mol. The van der Waals surface area contributed by atoms with Crippen LogP contribution in [0.1, 0.15) is 36.6 Å².